The SMILES string of the molecule is CCOc1ccccc1NC(=O)CSc1cccc(NC(=O)c2ccccc2C(=O)O)c1. The molecule has 0 unspecified atom stereocenters. The van der Waals surface area contributed by atoms with E-state index in [0.717, 1.165) is 4.90 Å². The second-order valence-corrected chi connectivity index (χ2v) is 7.65. The van der Waals surface area contributed by atoms with Crippen molar-refractivity contribution in [1.29, 1.82) is 0 Å². The molecule has 0 fully saturated rings. The van der Waals surface area contributed by atoms with Gasteiger partial charge < -0.3 is 20.5 Å². The molecular formula is C24H22N2O5S. The summed E-state index contributed by atoms with van der Waals surface area (Å²) in [6.45, 7) is 2.37. The predicted molar refractivity (Wildman–Crippen MR) is 125 cm³/mol. The summed E-state index contributed by atoms with van der Waals surface area (Å²) in [6, 6.07) is 20.2. The number of carboxylic acid groups (broad SMARTS) is 1. The summed E-state index contributed by atoms with van der Waals surface area (Å²) < 4.78 is 5.51. The molecule has 164 valence electrons. The zero-order valence-corrected chi connectivity index (χ0v) is 18.1. The van der Waals surface area contributed by atoms with Gasteiger partial charge >= 0.3 is 5.97 Å². The van der Waals surface area contributed by atoms with Crippen LogP contribution in [0.3, 0.4) is 0 Å². The van der Waals surface area contributed by atoms with E-state index in [1.165, 1.54) is 23.9 Å². The van der Waals surface area contributed by atoms with Gasteiger partial charge in [-0.15, -0.1) is 11.8 Å². The predicted octanol–water partition coefficient (Wildman–Crippen LogP) is 4.77. The van der Waals surface area contributed by atoms with E-state index in [2.05, 4.69) is 10.6 Å². The van der Waals surface area contributed by atoms with Crippen molar-refractivity contribution in [1.82, 2.24) is 0 Å². The first-order chi connectivity index (χ1) is 15.5. The van der Waals surface area contributed by atoms with E-state index in [-0.39, 0.29) is 22.8 Å². The number of aromatic carboxylic acids is 1. The highest BCUT2D eigenvalue weighted by Crippen LogP contribution is 2.26. The van der Waals surface area contributed by atoms with Gasteiger partial charge in [0, 0.05) is 10.6 Å². The number of benzene rings is 3. The third-order valence-corrected chi connectivity index (χ3v) is 5.32. The van der Waals surface area contributed by atoms with E-state index in [9.17, 15) is 19.5 Å². The summed E-state index contributed by atoms with van der Waals surface area (Å²) in [7, 11) is 0. The van der Waals surface area contributed by atoms with Gasteiger partial charge in [0.25, 0.3) is 5.91 Å². The standard InChI is InChI=1S/C24H22N2O5S/c1-2-31-21-13-6-5-12-20(21)26-22(27)15-32-17-9-7-8-16(14-17)25-23(28)18-10-3-4-11-19(18)24(29)30/h3-14H,2,15H2,1H3,(H,25,28)(H,26,27)(H,29,30). The molecule has 3 aromatic rings. The normalized spacial score (nSPS) is 10.3. The number of thioether (sulfide) groups is 1. The number of para-hydroxylation sites is 2. The van der Waals surface area contributed by atoms with Crippen LogP contribution in [-0.2, 0) is 4.79 Å². The molecule has 0 aliphatic rings. The van der Waals surface area contributed by atoms with Crippen molar-refractivity contribution in [2.24, 2.45) is 0 Å². The van der Waals surface area contributed by atoms with Crippen molar-refractivity contribution in [3.63, 3.8) is 0 Å². The summed E-state index contributed by atoms with van der Waals surface area (Å²) >= 11 is 1.31. The van der Waals surface area contributed by atoms with Crippen molar-refractivity contribution < 1.29 is 24.2 Å². The molecule has 0 aliphatic carbocycles. The van der Waals surface area contributed by atoms with Crippen LogP contribution in [0.25, 0.3) is 0 Å². The van der Waals surface area contributed by atoms with Crippen LogP contribution in [0.2, 0.25) is 0 Å². The Hall–Kier alpha value is -3.78. The van der Waals surface area contributed by atoms with Gasteiger partial charge in [0.1, 0.15) is 5.75 Å². The Morgan fingerprint density at radius 2 is 1.62 bits per heavy atom. The number of nitrogens with one attached hydrogen (secondary N) is 2. The molecule has 0 saturated heterocycles. The molecule has 2 amide bonds. The molecule has 0 aromatic heterocycles. The van der Waals surface area contributed by atoms with Crippen LogP contribution in [0.5, 0.6) is 5.75 Å². The van der Waals surface area contributed by atoms with E-state index in [4.69, 9.17) is 4.74 Å². The number of carboxylic acids is 1. The second-order valence-electron chi connectivity index (χ2n) is 6.60. The Kier molecular flexibility index (Phi) is 7.88. The van der Waals surface area contributed by atoms with Gasteiger partial charge in [-0.2, -0.15) is 0 Å². The van der Waals surface area contributed by atoms with Crippen LogP contribution in [0.4, 0.5) is 11.4 Å². The number of hydrogen-bond donors (Lipinski definition) is 3. The van der Waals surface area contributed by atoms with Gasteiger partial charge in [-0.1, -0.05) is 30.3 Å². The van der Waals surface area contributed by atoms with E-state index >= 15 is 0 Å². The Labute approximate surface area is 189 Å². The number of anilines is 2. The minimum absolute atomic E-state index is 0.0699. The molecule has 7 nitrogen and oxygen atoms in total. The van der Waals surface area contributed by atoms with Crippen LogP contribution in [-0.4, -0.2) is 35.2 Å². The van der Waals surface area contributed by atoms with Crippen LogP contribution in [0.1, 0.15) is 27.6 Å². The average Bonchev–Trinajstić information content (AvgIpc) is 2.79. The molecule has 3 rings (SSSR count). The summed E-state index contributed by atoms with van der Waals surface area (Å²) in [6.07, 6.45) is 0. The first-order valence-corrected chi connectivity index (χ1v) is 10.8. The smallest absolute Gasteiger partial charge is 0.336 e. The first kappa shape index (κ1) is 22.9. The van der Waals surface area contributed by atoms with Crippen molar-refractivity contribution >= 4 is 40.9 Å². The zero-order chi connectivity index (χ0) is 22.9. The Bertz CT molecular complexity index is 1130. The largest absolute Gasteiger partial charge is 0.492 e. The molecule has 0 atom stereocenters. The number of amides is 2. The van der Waals surface area contributed by atoms with Crippen molar-refractivity contribution in [2.75, 3.05) is 23.0 Å². The molecule has 3 aromatic carbocycles. The maximum absolute atomic E-state index is 12.5. The molecule has 3 N–H and O–H groups in total. The van der Waals surface area contributed by atoms with Gasteiger partial charge in [-0.3, -0.25) is 9.59 Å². The molecule has 0 saturated carbocycles. The minimum atomic E-state index is -1.17. The number of carbonyl (C=O) groups excluding carboxylic acids is 2. The topological polar surface area (TPSA) is 105 Å². The number of rotatable bonds is 9. The highest BCUT2D eigenvalue weighted by atomic mass is 32.2. The fourth-order valence-corrected chi connectivity index (χ4v) is 3.67. The molecule has 0 spiro atoms. The van der Waals surface area contributed by atoms with Crippen LogP contribution in [0.15, 0.2) is 77.7 Å². The number of hydrogen-bond acceptors (Lipinski definition) is 5. The first-order valence-electron chi connectivity index (χ1n) is 9.86. The highest BCUT2D eigenvalue weighted by molar-refractivity contribution is 8.00. The molecular weight excluding hydrogens is 428 g/mol. The maximum Gasteiger partial charge on any atom is 0.336 e. The van der Waals surface area contributed by atoms with Crippen LogP contribution < -0.4 is 15.4 Å². The maximum atomic E-state index is 12.5. The lowest BCUT2D eigenvalue weighted by Crippen LogP contribution is -2.16. The Morgan fingerprint density at radius 1 is 0.906 bits per heavy atom. The zero-order valence-electron chi connectivity index (χ0n) is 17.3. The fourth-order valence-electron chi connectivity index (χ4n) is 2.92. The van der Waals surface area contributed by atoms with Gasteiger partial charge in [0.2, 0.25) is 5.91 Å². The molecule has 0 radical (unpaired) electrons. The Morgan fingerprint density at radius 3 is 2.38 bits per heavy atom. The van der Waals surface area contributed by atoms with Gasteiger partial charge in [-0.05, 0) is 49.4 Å². The summed E-state index contributed by atoms with van der Waals surface area (Å²) in [4.78, 5) is 37.0. The quantitative estimate of drug-likeness (QED) is 0.406. The van der Waals surface area contributed by atoms with E-state index in [0.29, 0.717) is 23.7 Å². The molecule has 8 heteroatoms. The molecule has 32 heavy (non-hydrogen) atoms. The third-order valence-electron chi connectivity index (χ3n) is 4.32. The Balaban J connectivity index is 1.61. The van der Waals surface area contributed by atoms with E-state index in [1.54, 1.807) is 42.5 Å². The second kappa shape index (κ2) is 11.0. The lowest BCUT2D eigenvalue weighted by Gasteiger charge is -2.11. The third kappa shape index (κ3) is 6.12. The van der Waals surface area contributed by atoms with Crippen LogP contribution >= 0.6 is 11.8 Å². The minimum Gasteiger partial charge on any atom is -0.492 e. The van der Waals surface area contributed by atoms with Gasteiger partial charge in [0.15, 0.2) is 0 Å². The highest BCUT2D eigenvalue weighted by Gasteiger charge is 2.16. The van der Waals surface area contributed by atoms with E-state index < -0.39 is 11.9 Å². The number of carbonyl (C=O) groups is 3. The fraction of sp³-hybridized carbons (Fsp3) is 0.125. The average molecular weight is 451 g/mol. The summed E-state index contributed by atoms with van der Waals surface area (Å²) in [5, 5.41) is 14.8. The monoisotopic (exact) mass is 450 g/mol. The molecule has 0 bridgehead atoms. The number of ether oxygens (including phenoxy) is 1. The van der Waals surface area contributed by atoms with Gasteiger partial charge in [-0.25, -0.2) is 4.79 Å². The summed E-state index contributed by atoms with van der Waals surface area (Å²) in [5.41, 5.74) is 1.12. The lowest BCUT2D eigenvalue weighted by molar-refractivity contribution is -0.113. The van der Waals surface area contributed by atoms with Crippen molar-refractivity contribution in [3.8, 4) is 5.75 Å². The lowest BCUT2D eigenvalue weighted by atomic mass is 10.1. The van der Waals surface area contributed by atoms with Crippen molar-refractivity contribution in [3.05, 3.63) is 83.9 Å². The molecule has 0 heterocycles. The molecule has 0 aliphatic heterocycles. The van der Waals surface area contributed by atoms with Crippen LogP contribution in [0, 0.1) is 0 Å². The van der Waals surface area contributed by atoms with E-state index in [1.807, 2.05) is 25.1 Å². The van der Waals surface area contributed by atoms with Crippen molar-refractivity contribution in [2.45, 2.75) is 11.8 Å². The van der Waals surface area contributed by atoms with Gasteiger partial charge in [0.05, 0.1) is 29.2 Å². The summed E-state index contributed by atoms with van der Waals surface area (Å²) in [5.74, 6) is -1.10.